The number of rotatable bonds is 4. The number of piperidine rings is 1. The zero-order valence-corrected chi connectivity index (χ0v) is 14.2. The molecule has 0 aromatic heterocycles. The lowest BCUT2D eigenvalue weighted by atomic mass is 9.93. The molecule has 1 amide bonds. The molecule has 0 saturated carbocycles. The monoisotopic (exact) mass is 369 g/mol. The Morgan fingerprint density at radius 2 is 2.14 bits per heavy atom. The predicted octanol–water partition coefficient (Wildman–Crippen LogP) is 2.93. The second-order valence-corrected chi connectivity index (χ2v) is 6.59. The molecule has 3 unspecified atom stereocenters. The lowest BCUT2D eigenvalue weighted by Crippen LogP contribution is -2.51. The molecule has 0 spiro atoms. The summed E-state index contributed by atoms with van der Waals surface area (Å²) < 4.78 is 6.56. The van der Waals surface area contributed by atoms with E-state index in [-0.39, 0.29) is 18.5 Å². The highest BCUT2D eigenvalue weighted by Crippen LogP contribution is 2.24. The van der Waals surface area contributed by atoms with Gasteiger partial charge in [0.15, 0.2) is 6.10 Å². The summed E-state index contributed by atoms with van der Waals surface area (Å²) in [5.41, 5.74) is 0. The highest BCUT2D eigenvalue weighted by Gasteiger charge is 2.34. The highest BCUT2D eigenvalue weighted by atomic mass is 79.9. The fourth-order valence-corrected chi connectivity index (χ4v) is 3.02. The van der Waals surface area contributed by atoms with Gasteiger partial charge < -0.3 is 14.7 Å². The highest BCUT2D eigenvalue weighted by molar-refractivity contribution is 9.10. The SMILES string of the molecule is CC(Oc1cccc(Br)c1)C(=O)N1CC(C(=O)O)CCC1C. The molecule has 1 N–H and O–H groups in total. The maximum absolute atomic E-state index is 12.6. The van der Waals surface area contributed by atoms with Gasteiger partial charge in [-0.15, -0.1) is 0 Å². The second kappa shape index (κ2) is 7.13. The fraction of sp³-hybridized carbons (Fsp3) is 0.500. The van der Waals surface area contributed by atoms with Crippen LogP contribution < -0.4 is 4.74 Å². The van der Waals surface area contributed by atoms with Gasteiger partial charge in [0.2, 0.25) is 0 Å². The lowest BCUT2D eigenvalue weighted by Gasteiger charge is -2.37. The van der Waals surface area contributed by atoms with Crippen LogP contribution in [0.15, 0.2) is 28.7 Å². The van der Waals surface area contributed by atoms with Crippen molar-refractivity contribution in [3.05, 3.63) is 28.7 Å². The number of halogens is 1. The number of carbonyl (C=O) groups is 2. The topological polar surface area (TPSA) is 66.8 Å². The number of aliphatic carboxylic acids is 1. The number of likely N-dealkylation sites (tertiary alicyclic amines) is 1. The largest absolute Gasteiger partial charge is 0.481 e. The number of ether oxygens (including phenoxy) is 1. The van der Waals surface area contributed by atoms with E-state index >= 15 is 0 Å². The van der Waals surface area contributed by atoms with Gasteiger partial charge in [-0.2, -0.15) is 0 Å². The van der Waals surface area contributed by atoms with Crippen LogP contribution in [-0.4, -0.2) is 40.6 Å². The average Bonchev–Trinajstić information content (AvgIpc) is 2.46. The number of benzene rings is 1. The lowest BCUT2D eigenvalue weighted by molar-refractivity contribution is -0.149. The van der Waals surface area contributed by atoms with Gasteiger partial charge in [-0.05, 0) is 44.9 Å². The van der Waals surface area contributed by atoms with Crippen LogP contribution in [0.5, 0.6) is 5.75 Å². The number of amides is 1. The molecule has 0 radical (unpaired) electrons. The van der Waals surface area contributed by atoms with E-state index in [4.69, 9.17) is 9.84 Å². The van der Waals surface area contributed by atoms with E-state index in [1.807, 2.05) is 19.1 Å². The smallest absolute Gasteiger partial charge is 0.308 e. The summed E-state index contributed by atoms with van der Waals surface area (Å²) in [7, 11) is 0. The Morgan fingerprint density at radius 1 is 1.41 bits per heavy atom. The van der Waals surface area contributed by atoms with Crippen molar-refractivity contribution in [1.82, 2.24) is 4.90 Å². The molecule has 1 fully saturated rings. The van der Waals surface area contributed by atoms with Gasteiger partial charge >= 0.3 is 5.97 Å². The van der Waals surface area contributed by atoms with Crippen molar-refractivity contribution >= 4 is 27.8 Å². The van der Waals surface area contributed by atoms with Gasteiger partial charge in [0.25, 0.3) is 5.91 Å². The third-order valence-corrected chi connectivity index (χ3v) is 4.46. The molecule has 0 aliphatic carbocycles. The van der Waals surface area contributed by atoms with Crippen LogP contribution in [-0.2, 0) is 9.59 Å². The van der Waals surface area contributed by atoms with E-state index in [2.05, 4.69) is 15.9 Å². The van der Waals surface area contributed by atoms with Gasteiger partial charge in [-0.25, -0.2) is 0 Å². The first-order valence-corrected chi connectivity index (χ1v) is 8.13. The molecular weight excluding hydrogens is 350 g/mol. The molecule has 1 heterocycles. The van der Waals surface area contributed by atoms with Crippen LogP contribution in [0.4, 0.5) is 0 Å². The van der Waals surface area contributed by atoms with Gasteiger partial charge in [0.05, 0.1) is 5.92 Å². The first kappa shape index (κ1) is 16.8. The normalized spacial score (nSPS) is 23.0. The Balaban J connectivity index is 2.03. The van der Waals surface area contributed by atoms with E-state index in [9.17, 15) is 9.59 Å². The number of hydrogen-bond acceptors (Lipinski definition) is 3. The number of hydrogen-bond donors (Lipinski definition) is 1. The summed E-state index contributed by atoms with van der Waals surface area (Å²) in [5, 5.41) is 9.15. The van der Waals surface area contributed by atoms with E-state index in [1.54, 1.807) is 24.0 Å². The molecule has 1 aromatic carbocycles. The van der Waals surface area contributed by atoms with Crippen LogP contribution in [0, 0.1) is 5.92 Å². The van der Waals surface area contributed by atoms with E-state index in [0.717, 1.165) is 4.47 Å². The molecule has 1 saturated heterocycles. The zero-order chi connectivity index (χ0) is 16.3. The molecule has 120 valence electrons. The Morgan fingerprint density at radius 3 is 2.77 bits per heavy atom. The van der Waals surface area contributed by atoms with E-state index in [1.165, 1.54) is 0 Å². The van der Waals surface area contributed by atoms with Crippen molar-refractivity contribution < 1.29 is 19.4 Å². The number of carboxylic acids is 1. The molecule has 3 atom stereocenters. The summed E-state index contributed by atoms with van der Waals surface area (Å²) in [6.45, 7) is 3.89. The number of carbonyl (C=O) groups excluding carboxylic acids is 1. The third kappa shape index (κ3) is 4.00. The van der Waals surface area contributed by atoms with Crippen molar-refractivity contribution in [2.75, 3.05) is 6.54 Å². The van der Waals surface area contributed by atoms with Crippen molar-refractivity contribution in [3.8, 4) is 5.75 Å². The quantitative estimate of drug-likeness (QED) is 0.885. The first-order chi connectivity index (χ1) is 10.4. The minimum atomic E-state index is -0.842. The maximum Gasteiger partial charge on any atom is 0.308 e. The Kier molecular flexibility index (Phi) is 5.45. The summed E-state index contributed by atoms with van der Waals surface area (Å²) in [4.78, 5) is 25.3. The van der Waals surface area contributed by atoms with Crippen LogP contribution in [0.2, 0.25) is 0 Å². The number of carboxylic acid groups (broad SMARTS) is 1. The molecule has 1 aliphatic rings. The van der Waals surface area contributed by atoms with Crippen molar-refractivity contribution in [3.63, 3.8) is 0 Å². The Hall–Kier alpha value is -1.56. The molecule has 22 heavy (non-hydrogen) atoms. The predicted molar refractivity (Wildman–Crippen MR) is 85.8 cm³/mol. The molecule has 2 rings (SSSR count). The summed E-state index contributed by atoms with van der Waals surface area (Å²) in [6, 6.07) is 7.33. The molecule has 1 aromatic rings. The van der Waals surface area contributed by atoms with Crippen molar-refractivity contribution in [2.24, 2.45) is 5.92 Å². The average molecular weight is 370 g/mol. The first-order valence-electron chi connectivity index (χ1n) is 7.34. The summed E-state index contributed by atoms with van der Waals surface area (Å²) in [5.74, 6) is -0.892. The summed E-state index contributed by atoms with van der Waals surface area (Å²) >= 11 is 3.36. The minimum absolute atomic E-state index is 0.0386. The fourth-order valence-electron chi connectivity index (χ4n) is 2.64. The molecule has 6 heteroatoms. The Bertz CT molecular complexity index is 563. The van der Waals surface area contributed by atoms with Gasteiger partial charge in [-0.1, -0.05) is 22.0 Å². The van der Waals surface area contributed by atoms with Crippen LogP contribution >= 0.6 is 15.9 Å². The summed E-state index contributed by atoms with van der Waals surface area (Å²) in [6.07, 6.45) is 0.664. The standard InChI is InChI=1S/C16H20BrNO4/c1-10-6-7-12(16(20)21)9-18(10)15(19)11(2)22-14-5-3-4-13(17)8-14/h3-5,8,10-12H,6-7,9H2,1-2H3,(H,20,21). The van der Waals surface area contributed by atoms with Crippen LogP contribution in [0.3, 0.4) is 0 Å². The molecule has 5 nitrogen and oxygen atoms in total. The zero-order valence-electron chi connectivity index (χ0n) is 12.7. The van der Waals surface area contributed by atoms with Crippen molar-refractivity contribution in [1.29, 1.82) is 0 Å². The molecule has 0 bridgehead atoms. The van der Waals surface area contributed by atoms with Crippen LogP contribution in [0.25, 0.3) is 0 Å². The van der Waals surface area contributed by atoms with E-state index in [0.29, 0.717) is 18.6 Å². The third-order valence-electron chi connectivity index (χ3n) is 3.97. The minimum Gasteiger partial charge on any atom is -0.481 e. The Labute approximate surface area is 138 Å². The van der Waals surface area contributed by atoms with Gasteiger partial charge in [-0.3, -0.25) is 9.59 Å². The molecular formula is C16H20BrNO4. The second-order valence-electron chi connectivity index (χ2n) is 5.67. The number of nitrogens with zero attached hydrogens (tertiary/aromatic N) is 1. The molecule has 1 aliphatic heterocycles. The van der Waals surface area contributed by atoms with Gasteiger partial charge in [0, 0.05) is 17.1 Å². The maximum atomic E-state index is 12.6. The van der Waals surface area contributed by atoms with Crippen molar-refractivity contribution in [2.45, 2.75) is 38.8 Å². The van der Waals surface area contributed by atoms with E-state index < -0.39 is 18.0 Å². The van der Waals surface area contributed by atoms with Crippen LogP contribution in [0.1, 0.15) is 26.7 Å². The van der Waals surface area contributed by atoms with Gasteiger partial charge in [0.1, 0.15) is 5.75 Å².